The Morgan fingerprint density at radius 2 is 1.76 bits per heavy atom. The van der Waals surface area contributed by atoms with Crippen molar-refractivity contribution in [3.63, 3.8) is 0 Å². The number of carbonyl (C=O) groups excluding carboxylic acids is 2. The van der Waals surface area contributed by atoms with E-state index in [4.69, 9.17) is 11.5 Å². The van der Waals surface area contributed by atoms with Gasteiger partial charge in [0.1, 0.15) is 9.71 Å². The van der Waals surface area contributed by atoms with Crippen molar-refractivity contribution in [1.82, 2.24) is 9.97 Å². The Hall–Kier alpha value is -4.32. The molecule has 0 aliphatic heterocycles. The average molecular weight is 524 g/mol. The van der Waals surface area contributed by atoms with Crippen LogP contribution in [0.4, 0.5) is 36.6 Å². The minimum atomic E-state index is -2.97. The molecule has 4 aromatic rings. The van der Waals surface area contributed by atoms with Gasteiger partial charge in [-0.3, -0.25) is 4.79 Å². The molecule has 0 bridgehead atoms. The third-order valence-corrected chi connectivity index (χ3v) is 6.88. The standard InChI is InChI=1S/C25H23F2N7O2S/c1-25(26,27)13-5-7-15(8-6-13)31-24(36)32-16-4-2-3-12(11-16)19-17-18(28)20(21(29)35)37-22(17)34-23(33-19)30-14-9-10-14/h2-8,11,14H,9-10,28H2,1H3,(H2,29,35)(H,30,33,34)(H2,31,32,36). The highest BCUT2D eigenvalue weighted by atomic mass is 32.1. The topological polar surface area (TPSA) is 148 Å². The van der Waals surface area contributed by atoms with Gasteiger partial charge in [0.25, 0.3) is 11.8 Å². The van der Waals surface area contributed by atoms with Gasteiger partial charge in [0, 0.05) is 35.5 Å². The molecule has 0 atom stereocenters. The summed E-state index contributed by atoms with van der Waals surface area (Å²) in [6.45, 7) is 0.809. The number of urea groups is 1. The number of primary amides is 1. The van der Waals surface area contributed by atoms with Crippen LogP contribution in [0.3, 0.4) is 0 Å². The zero-order valence-electron chi connectivity index (χ0n) is 19.6. The monoisotopic (exact) mass is 523 g/mol. The zero-order valence-corrected chi connectivity index (χ0v) is 20.5. The lowest BCUT2D eigenvalue weighted by Crippen LogP contribution is -2.19. The number of hydrogen-bond acceptors (Lipinski definition) is 7. The second kappa shape index (κ2) is 9.28. The number of thiophene rings is 1. The smallest absolute Gasteiger partial charge is 0.323 e. The predicted octanol–water partition coefficient (Wildman–Crippen LogP) is 5.37. The maximum Gasteiger partial charge on any atom is 0.323 e. The molecule has 2 heterocycles. The van der Waals surface area contributed by atoms with E-state index in [-0.39, 0.29) is 16.1 Å². The Labute approximate surface area is 214 Å². The molecule has 9 nitrogen and oxygen atoms in total. The Morgan fingerprint density at radius 3 is 2.41 bits per heavy atom. The molecular formula is C25H23F2N7O2S. The van der Waals surface area contributed by atoms with Crippen LogP contribution in [0.1, 0.15) is 35.0 Å². The van der Waals surface area contributed by atoms with Gasteiger partial charge in [-0.05, 0) is 37.1 Å². The van der Waals surface area contributed by atoms with Crippen molar-refractivity contribution in [3.8, 4) is 11.3 Å². The molecule has 2 aromatic heterocycles. The van der Waals surface area contributed by atoms with Gasteiger partial charge in [0.2, 0.25) is 5.95 Å². The van der Waals surface area contributed by atoms with Crippen molar-refractivity contribution in [2.75, 3.05) is 21.7 Å². The van der Waals surface area contributed by atoms with E-state index in [1.807, 2.05) is 0 Å². The lowest BCUT2D eigenvalue weighted by Gasteiger charge is -2.13. The van der Waals surface area contributed by atoms with Crippen LogP contribution in [0.5, 0.6) is 0 Å². The number of anilines is 4. The summed E-state index contributed by atoms with van der Waals surface area (Å²) in [5, 5.41) is 9.12. The molecule has 0 radical (unpaired) electrons. The number of nitrogen functional groups attached to an aromatic ring is 1. The summed E-state index contributed by atoms with van der Waals surface area (Å²) in [6, 6.07) is 12.0. The lowest BCUT2D eigenvalue weighted by atomic mass is 10.1. The molecular weight excluding hydrogens is 500 g/mol. The summed E-state index contributed by atoms with van der Waals surface area (Å²) >= 11 is 1.10. The first-order chi connectivity index (χ1) is 17.6. The number of nitrogens with two attached hydrogens (primary N) is 2. The summed E-state index contributed by atoms with van der Waals surface area (Å²) in [6.07, 6.45) is 2.04. The highest BCUT2D eigenvalue weighted by Gasteiger charge is 2.26. The molecule has 1 saturated carbocycles. The number of nitrogens with one attached hydrogen (secondary N) is 3. The van der Waals surface area contributed by atoms with Crippen LogP contribution in [0, 0.1) is 0 Å². The minimum Gasteiger partial charge on any atom is -0.397 e. The molecule has 1 fully saturated rings. The van der Waals surface area contributed by atoms with Crippen molar-refractivity contribution in [3.05, 3.63) is 59.0 Å². The van der Waals surface area contributed by atoms with Crippen LogP contribution < -0.4 is 27.4 Å². The van der Waals surface area contributed by atoms with Gasteiger partial charge in [-0.15, -0.1) is 11.3 Å². The lowest BCUT2D eigenvalue weighted by molar-refractivity contribution is 0.0175. The summed E-state index contributed by atoms with van der Waals surface area (Å²) in [4.78, 5) is 34.4. The summed E-state index contributed by atoms with van der Waals surface area (Å²) in [5.41, 5.74) is 13.8. The van der Waals surface area contributed by atoms with Gasteiger partial charge in [0.05, 0.1) is 16.8 Å². The van der Waals surface area contributed by atoms with Crippen LogP contribution in [0.2, 0.25) is 0 Å². The fourth-order valence-electron chi connectivity index (χ4n) is 3.77. The van der Waals surface area contributed by atoms with E-state index in [1.165, 1.54) is 24.3 Å². The molecule has 0 unspecified atom stereocenters. The molecule has 0 saturated heterocycles. The van der Waals surface area contributed by atoms with Gasteiger partial charge < -0.3 is 27.4 Å². The average Bonchev–Trinajstić information content (AvgIpc) is 3.59. The summed E-state index contributed by atoms with van der Waals surface area (Å²) in [5.74, 6) is -3.20. The normalized spacial score (nSPS) is 13.4. The maximum absolute atomic E-state index is 13.4. The van der Waals surface area contributed by atoms with Crippen LogP contribution >= 0.6 is 11.3 Å². The molecule has 1 aliphatic rings. The second-order valence-corrected chi connectivity index (χ2v) is 9.83. The minimum absolute atomic E-state index is 0.148. The van der Waals surface area contributed by atoms with Gasteiger partial charge in [-0.2, -0.15) is 0 Å². The van der Waals surface area contributed by atoms with Crippen LogP contribution in [-0.4, -0.2) is 27.9 Å². The maximum atomic E-state index is 13.4. The molecule has 2 aromatic carbocycles. The Bertz CT molecular complexity index is 1510. The number of halogens is 2. The van der Waals surface area contributed by atoms with E-state index in [2.05, 4.69) is 25.9 Å². The van der Waals surface area contributed by atoms with Crippen molar-refractivity contribution >= 4 is 56.5 Å². The SMILES string of the molecule is CC(F)(F)c1ccc(NC(=O)Nc2cccc(-c3nc(NC4CC4)nc4sc(C(N)=O)c(N)c34)c2)cc1. The number of fused-ring (bicyclic) bond motifs is 1. The molecule has 0 spiro atoms. The zero-order chi connectivity index (χ0) is 26.3. The van der Waals surface area contributed by atoms with E-state index >= 15 is 0 Å². The Kier molecular flexibility index (Phi) is 6.12. The fourth-order valence-corrected chi connectivity index (χ4v) is 4.72. The molecule has 1 aliphatic carbocycles. The quantitative estimate of drug-likeness (QED) is 0.220. The van der Waals surface area contributed by atoms with Crippen LogP contribution in [0.25, 0.3) is 21.5 Å². The van der Waals surface area contributed by atoms with Crippen molar-refractivity contribution in [2.45, 2.75) is 31.7 Å². The third kappa shape index (κ3) is 5.28. The van der Waals surface area contributed by atoms with E-state index in [0.717, 1.165) is 31.1 Å². The molecule has 12 heteroatoms. The number of hydrogen-bond donors (Lipinski definition) is 5. The number of nitrogens with zero attached hydrogens (tertiary/aromatic N) is 2. The number of alkyl halides is 2. The van der Waals surface area contributed by atoms with Gasteiger partial charge >= 0.3 is 6.03 Å². The van der Waals surface area contributed by atoms with Gasteiger partial charge in [-0.25, -0.2) is 23.5 Å². The van der Waals surface area contributed by atoms with Crippen molar-refractivity contribution in [1.29, 1.82) is 0 Å². The number of carbonyl (C=O) groups is 2. The first-order valence-electron chi connectivity index (χ1n) is 11.4. The summed E-state index contributed by atoms with van der Waals surface area (Å²) < 4.78 is 26.8. The van der Waals surface area contributed by atoms with E-state index in [1.54, 1.807) is 24.3 Å². The molecule has 37 heavy (non-hydrogen) atoms. The van der Waals surface area contributed by atoms with E-state index < -0.39 is 17.9 Å². The first kappa shape index (κ1) is 24.4. The van der Waals surface area contributed by atoms with E-state index in [9.17, 15) is 18.4 Å². The third-order valence-electron chi connectivity index (χ3n) is 5.77. The Balaban J connectivity index is 1.43. The first-order valence-corrected chi connectivity index (χ1v) is 12.2. The Morgan fingerprint density at radius 1 is 1.05 bits per heavy atom. The fraction of sp³-hybridized carbons (Fsp3) is 0.200. The molecule has 3 amide bonds. The van der Waals surface area contributed by atoms with Crippen LogP contribution in [-0.2, 0) is 5.92 Å². The van der Waals surface area contributed by atoms with Crippen molar-refractivity contribution in [2.24, 2.45) is 5.73 Å². The molecule has 190 valence electrons. The highest BCUT2D eigenvalue weighted by molar-refractivity contribution is 7.21. The molecule has 7 N–H and O–H groups in total. The molecule has 5 rings (SSSR count). The van der Waals surface area contributed by atoms with E-state index in [0.29, 0.717) is 44.8 Å². The number of benzene rings is 2. The van der Waals surface area contributed by atoms with Crippen molar-refractivity contribution < 1.29 is 18.4 Å². The summed E-state index contributed by atoms with van der Waals surface area (Å²) in [7, 11) is 0. The second-order valence-electron chi connectivity index (χ2n) is 8.83. The highest BCUT2D eigenvalue weighted by Crippen LogP contribution is 2.40. The largest absolute Gasteiger partial charge is 0.397 e. The number of aromatic nitrogens is 2. The van der Waals surface area contributed by atoms with Crippen LogP contribution in [0.15, 0.2) is 48.5 Å². The van der Waals surface area contributed by atoms with Gasteiger partial charge in [0.15, 0.2) is 0 Å². The number of amides is 3. The number of rotatable bonds is 7. The predicted molar refractivity (Wildman–Crippen MR) is 141 cm³/mol. The van der Waals surface area contributed by atoms with Gasteiger partial charge in [-0.1, -0.05) is 24.3 Å².